The third kappa shape index (κ3) is 5.17. The quantitative estimate of drug-likeness (QED) is 0.461. The molecule has 2 aromatic carbocycles. The number of aryl methyl sites for hydroxylation is 2. The van der Waals surface area contributed by atoms with Gasteiger partial charge in [0.1, 0.15) is 37.4 Å². The first-order valence-electron chi connectivity index (χ1n) is 8.58. The van der Waals surface area contributed by atoms with E-state index in [1.54, 1.807) is 6.21 Å². The first-order chi connectivity index (χ1) is 12.7. The summed E-state index contributed by atoms with van der Waals surface area (Å²) in [5.74, 6) is 1.69. The first kappa shape index (κ1) is 17.7. The van der Waals surface area contributed by atoms with Crippen molar-refractivity contribution >= 4 is 6.21 Å². The molecule has 0 fully saturated rings. The van der Waals surface area contributed by atoms with Crippen LogP contribution in [0.2, 0.25) is 0 Å². The molecule has 0 aliphatic rings. The molecule has 6 nitrogen and oxygen atoms in total. The van der Waals surface area contributed by atoms with E-state index in [0.717, 1.165) is 23.5 Å². The highest BCUT2D eigenvalue weighted by Crippen LogP contribution is 2.17. The van der Waals surface area contributed by atoms with Gasteiger partial charge in [0.25, 0.3) is 0 Å². The van der Waals surface area contributed by atoms with Crippen LogP contribution in [0.15, 0.2) is 60.2 Å². The third-order valence-corrected chi connectivity index (χ3v) is 3.77. The van der Waals surface area contributed by atoms with Crippen LogP contribution in [0.4, 0.5) is 0 Å². The molecule has 0 unspecified atom stereocenters. The van der Waals surface area contributed by atoms with Gasteiger partial charge in [-0.15, -0.1) is 10.2 Å². The second-order valence-corrected chi connectivity index (χ2v) is 5.86. The van der Waals surface area contributed by atoms with Crippen LogP contribution < -0.4 is 9.47 Å². The number of ether oxygens (including phenoxy) is 2. The van der Waals surface area contributed by atoms with Crippen LogP contribution >= 0.6 is 0 Å². The standard InChI is InChI=1S/C20H22N4O2/c1-3-17-10-16(2)11-20(12-17)26-9-8-25-19-6-4-18(5-7-19)13-23-24-14-21-22-15-24/h4-7,10-15H,3,8-9H2,1-2H3/b23-13-. The van der Waals surface area contributed by atoms with Gasteiger partial charge in [-0.2, -0.15) is 5.10 Å². The van der Waals surface area contributed by atoms with Crippen molar-refractivity contribution in [3.8, 4) is 11.5 Å². The highest BCUT2D eigenvalue weighted by molar-refractivity contribution is 5.79. The fourth-order valence-electron chi connectivity index (χ4n) is 2.47. The molecule has 134 valence electrons. The summed E-state index contributed by atoms with van der Waals surface area (Å²) in [5, 5.41) is 11.6. The van der Waals surface area contributed by atoms with E-state index in [0.29, 0.717) is 13.2 Å². The summed E-state index contributed by atoms with van der Waals surface area (Å²) in [6.07, 6.45) is 5.80. The molecule has 3 aromatic rings. The van der Waals surface area contributed by atoms with Gasteiger partial charge in [-0.1, -0.05) is 13.0 Å². The maximum absolute atomic E-state index is 5.79. The maximum Gasteiger partial charge on any atom is 0.141 e. The number of rotatable bonds is 8. The summed E-state index contributed by atoms with van der Waals surface area (Å²) < 4.78 is 13.1. The molecule has 0 saturated carbocycles. The van der Waals surface area contributed by atoms with Crippen molar-refractivity contribution in [1.29, 1.82) is 0 Å². The lowest BCUT2D eigenvalue weighted by molar-refractivity contribution is 0.217. The molecule has 0 bridgehead atoms. The molecule has 3 rings (SSSR count). The Morgan fingerprint density at radius 1 is 0.962 bits per heavy atom. The van der Waals surface area contributed by atoms with Gasteiger partial charge in [-0.05, 0) is 66.4 Å². The summed E-state index contributed by atoms with van der Waals surface area (Å²) in [6, 6.07) is 14.0. The lowest BCUT2D eigenvalue weighted by Gasteiger charge is -2.10. The normalized spacial score (nSPS) is 11.0. The molecular formula is C20H22N4O2. The Morgan fingerprint density at radius 2 is 1.65 bits per heavy atom. The van der Waals surface area contributed by atoms with Crippen molar-refractivity contribution in [2.45, 2.75) is 20.3 Å². The molecule has 0 radical (unpaired) electrons. The smallest absolute Gasteiger partial charge is 0.141 e. The summed E-state index contributed by atoms with van der Waals surface area (Å²) in [7, 11) is 0. The molecule has 0 spiro atoms. The molecule has 0 amide bonds. The summed E-state index contributed by atoms with van der Waals surface area (Å²) in [5.41, 5.74) is 3.46. The van der Waals surface area contributed by atoms with Gasteiger partial charge in [0.15, 0.2) is 0 Å². The highest BCUT2D eigenvalue weighted by atomic mass is 16.5. The van der Waals surface area contributed by atoms with Crippen LogP contribution in [0.3, 0.4) is 0 Å². The lowest BCUT2D eigenvalue weighted by Crippen LogP contribution is -2.09. The van der Waals surface area contributed by atoms with Gasteiger partial charge >= 0.3 is 0 Å². The number of nitrogens with zero attached hydrogens (tertiary/aromatic N) is 4. The number of aromatic nitrogens is 3. The van der Waals surface area contributed by atoms with Crippen LogP contribution in [0, 0.1) is 6.92 Å². The van der Waals surface area contributed by atoms with E-state index in [1.165, 1.54) is 28.5 Å². The van der Waals surface area contributed by atoms with Crippen LogP contribution in [0.5, 0.6) is 11.5 Å². The zero-order valence-corrected chi connectivity index (χ0v) is 15.0. The van der Waals surface area contributed by atoms with E-state index in [1.807, 2.05) is 30.3 Å². The van der Waals surface area contributed by atoms with Gasteiger partial charge in [0.05, 0.1) is 6.21 Å². The number of hydrogen-bond donors (Lipinski definition) is 0. The number of benzene rings is 2. The molecular weight excluding hydrogens is 328 g/mol. The average Bonchev–Trinajstić information content (AvgIpc) is 3.17. The zero-order chi connectivity index (χ0) is 18.2. The van der Waals surface area contributed by atoms with Crippen molar-refractivity contribution in [1.82, 2.24) is 14.9 Å². The van der Waals surface area contributed by atoms with Gasteiger partial charge < -0.3 is 9.47 Å². The molecule has 0 N–H and O–H groups in total. The molecule has 0 saturated heterocycles. The van der Waals surface area contributed by atoms with E-state index in [9.17, 15) is 0 Å². The second-order valence-electron chi connectivity index (χ2n) is 5.86. The summed E-state index contributed by atoms with van der Waals surface area (Å²) in [6.45, 7) is 5.21. The minimum atomic E-state index is 0.490. The predicted molar refractivity (Wildman–Crippen MR) is 101 cm³/mol. The first-order valence-corrected chi connectivity index (χ1v) is 8.58. The summed E-state index contributed by atoms with van der Waals surface area (Å²) in [4.78, 5) is 0. The fourth-order valence-corrected chi connectivity index (χ4v) is 2.47. The van der Waals surface area contributed by atoms with Crippen molar-refractivity contribution in [3.05, 3.63) is 71.8 Å². The molecule has 0 aliphatic carbocycles. The lowest BCUT2D eigenvalue weighted by atomic mass is 10.1. The topological polar surface area (TPSA) is 61.5 Å². The zero-order valence-electron chi connectivity index (χ0n) is 15.0. The molecule has 6 heteroatoms. The largest absolute Gasteiger partial charge is 0.490 e. The SMILES string of the molecule is CCc1cc(C)cc(OCCOc2ccc(/C=N\n3cnnc3)cc2)c1. The Hall–Kier alpha value is -3.15. The third-order valence-electron chi connectivity index (χ3n) is 3.77. The van der Waals surface area contributed by atoms with Crippen LogP contribution in [-0.4, -0.2) is 34.3 Å². The van der Waals surface area contributed by atoms with Crippen molar-refractivity contribution in [2.24, 2.45) is 5.10 Å². The van der Waals surface area contributed by atoms with E-state index < -0.39 is 0 Å². The predicted octanol–water partition coefficient (Wildman–Crippen LogP) is 3.49. The Kier molecular flexibility index (Phi) is 5.98. The second kappa shape index (κ2) is 8.80. The van der Waals surface area contributed by atoms with Crippen molar-refractivity contribution in [3.63, 3.8) is 0 Å². The monoisotopic (exact) mass is 350 g/mol. The van der Waals surface area contributed by atoms with E-state index >= 15 is 0 Å². The molecule has 0 atom stereocenters. The van der Waals surface area contributed by atoms with Crippen LogP contribution in [0.1, 0.15) is 23.6 Å². The Morgan fingerprint density at radius 3 is 2.35 bits per heavy atom. The van der Waals surface area contributed by atoms with Crippen molar-refractivity contribution < 1.29 is 9.47 Å². The van der Waals surface area contributed by atoms with Gasteiger partial charge in [0.2, 0.25) is 0 Å². The highest BCUT2D eigenvalue weighted by Gasteiger charge is 2.00. The van der Waals surface area contributed by atoms with Gasteiger partial charge in [-0.25, -0.2) is 4.68 Å². The minimum absolute atomic E-state index is 0.490. The minimum Gasteiger partial charge on any atom is -0.490 e. The van der Waals surface area contributed by atoms with Gasteiger partial charge in [0, 0.05) is 0 Å². The molecule has 26 heavy (non-hydrogen) atoms. The molecule has 1 heterocycles. The molecule has 1 aromatic heterocycles. The van der Waals surface area contributed by atoms with Crippen LogP contribution in [-0.2, 0) is 6.42 Å². The Balaban J connectivity index is 1.46. The summed E-state index contributed by atoms with van der Waals surface area (Å²) >= 11 is 0. The average molecular weight is 350 g/mol. The van der Waals surface area contributed by atoms with Crippen LogP contribution in [0.25, 0.3) is 0 Å². The number of hydrogen-bond acceptors (Lipinski definition) is 5. The maximum atomic E-state index is 5.79. The van der Waals surface area contributed by atoms with E-state index in [-0.39, 0.29) is 0 Å². The Labute approximate surface area is 153 Å². The van der Waals surface area contributed by atoms with Crippen molar-refractivity contribution in [2.75, 3.05) is 13.2 Å². The van der Waals surface area contributed by atoms with E-state index in [2.05, 4.69) is 41.3 Å². The van der Waals surface area contributed by atoms with E-state index in [4.69, 9.17) is 9.47 Å². The fraction of sp³-hybridized carbons (Fsp3) is 0.250. The molecule has 0 aliphatic heterocycles. The van der Waals surface area contributed by atoms with Gasteiger partial charge in [-0.3, -0.25) is 0 Å². The Bertz CT molecular complexity index is 843.